The summed E-state index contributed by atoms with van der Waals surface area (Å²) in [5.41, 5.74) is 3.66. The first-order valence-electron chi connectivity index (χ1n) is 6.18. The van der Waals surface area contributed by atoms with Gasteiger partial charge in [-0.1, -0.05) is 0 Å². The number of fused-ring (bicyclic) bond motifs is 1. The quantitative estimate of drug-likeness (QED) is 0.892. The van der Waals surface area contributed by atoms with Crippen molar-refractivity contribution in [3.8, 4) is 0 Å². The SMILES string of the molecule is O=C(CC1CCCN1)Nc1ccc2ncsc2c1. The number of nitrogens with zero attached hydrogens (tertiary/aromatic N) is 1. The maximum Gasteiger partial charge on any atom is 0.225 e. The van der Waals surface area contributed by atoms with Crippen LogP contribution in [0.3, 0.4) is 0 Å². The highest BCUT2D eigenvalue weighted by molar-refractivity contribution is 7.16. The molecule has 18 heavy (non-hydrogen) atoms. The third-order valence-corrected chi connectivity index (χ3v) is 4.00. The van der Waals surface area contributed by atoms with E-state index in [2.05, 4.69) is 15.6 Å². The van der Waals surface area contributed by atoms with Crippen LogP contribution in [0.4, 0.5) is 5.69 Å². The summed E-state index contributed by atoms with van der Waals surface area (Å²) in [7, 11) is 0. The van der Waals surface area contributed by atoms with Crippen molar-refractivity contribution >= 4 is 33.1 Å². The van der Waals surface area contributed by atoms with Crippen LogP contribution in [0.1, 0.15) is 19.3 Å². The fraction of sp³-hybridized carbons (Fsp3) is 0.385. The van der Waals surface area contributed by atoms with Gasteiger partial charge in [0.15, 0.2) is 0 Å². The average molecular weight is 261 g/mol. The zero-order valence-electron chi connectivity index (χ0n) is 9.98. The minimum absolute atomic E-state index is 0.0817. The lowest BCUT2D eigenvalue weighted by Gasteiger charge is -2.10. The van der Waals surface area contributed by atoms with Crippen molar-refractivity contribution < 1.29 is 4.79 Å². The molecule has 1 atom stereocenters. The number of nitrogens with one attached hydrogen (secondary N) is 2. The second kappa shape index (κ2) is 5.04. The molecule has 1 aliphatic rings. The van der Waals surface area contributed by atoms with Crippen LogP contribution in [0.15, 0.2) is 23.7 Å². The van der Waals surface area contributed by atoms with Crippen LogP contribution in [0.5, 0.6) is 0 Å². The van der Waals surface area contributed by atoms with Crippen LogP contribution in [0.25, 0.3) is 10.2 Å². The lowest BCUT2D eigenvalue weighted by molar-refractivity contribution is -0.116. The summed E-state index contributed by atoms with van der Waals surface area (Å²) in [4.78, 5) is 16.1. The highest BCUT2D eigenvalue weighted by Gasteiger charge is 2.17. The second-order valence-corrected chi connectivity index (χ2v) is 5.47. The number of hydrogen-bond acceptors (Lipinski definition) is 4. The fourth-order valence-electron chi connectivity index (χ4n) is 2.30. The van der Waals surface area contributed by atoms with E-state index in [0.717, 1.165) is 28.9 Å². The molecule has 1 aromatic heterocycles. The first-order valence-corrected chi connectivity index (χ1v) is 7.06. The van der Waals surface area contributed by atoms with Gasteiger partial charge < -0.3 is 10.6 Å². The van der Waals surface area contributed by atoms with Gasteiger partial charge in [0.05, 0.1) is 15.7 Å². The van der Waals surface area contributed by atoms with E-state index in [9.17, 15) is 4.79 Å². The number of benzene rings is 1. The van der Waals surface area contributed by atoms with Gasteiger partial charge in [-0.15, -0.1) is 11.3 Å². The van der Waals surface area contributed by atoms with Crippen molar-refractivity contribution in [1.29, 1.82) is 0 Å². The van der Waals surface area contributed by atoms with E-state index in [1.807, 2.05) is 23.7 Å². The molecular weight excluding hydrogens is 246 g/mol. The summed E-state index contributed by atoms with van der Waals surface area (Å²) in [5, 5.41) is 6.28. The van der Waals surface area contributed by atoms with Crippen molar-refractivity contribution in [1.82, 2.24) is 10.3 Å². The minimum atomic E-state index is 0.0817. The van der Waals surface area contributed by atoms with Gasteiger partial charge in [-0.05, 0) is 37.6 Å². The van der Waals surface area contributed by atoms with Gasteiger partial charge in [0.2, 0.25) is 5.91 Å². The molecule has 1 unspecified atom stereocenters. The first kappa shape index (κ1) is 11.6. The normalized spacial score (nSPS) is 19.2. The zero-order chi connectivity index (χ0) is 12.4. The highest BCUT2D eigenvalue weighted by atomic mass is 32.1. The van der Waals surface area contributed by atoms with Crippen molar-refractivity contribution in [2.24, 2.45) is 0 Å². The molecule has 0 saturated carbocycles. The summed E-state index contributed by atoms with van der Waals surface area (Å²) >= 11 is 1.59. The Kier molecular flexibility index (Phi) is 3.25. The first-order chi connectivity index (χ1) is 8.81. The number of hydrogen-bond donors (Lipinski definition) is 2. The lowest BCUT2D eigenvalue weighted by Crippen LogP contribution is -2.27. The highest BCUT2D eigenvalue weighted by Crippen LogP contribution is 2.22. The number of carbonyl (C=O) groups is 1. The third-order valence-electron chi connectivity index (χ3n) is 3.21. The van der Waals surface area contributed by atoms with E-state index in [-0.39, 0.29) is 5.91 Å². The van der Waals surface area contributed by atoms with Crippen LogP contribution in [-0.4, -0.2) is 23.5 Å². The Hall–Kier alpha value is -1.46. The van der Waals surface area contributed by atoms with E-state index < -0.39 is 0 Å². The van der Waals surface area contributed by atoms with Crippen LogP contribution in [0, 0.1) is 0 Å². The van der Waals surface area contributed by atoms with Gasteiger partial charge in [-0.25, -0.2) is 4.98 Å². The van der Waals surface area contributed by atoms with Crippen LogP contribution in [-0.2, 0) is 4.79 Å². The fourth-order valence-corrected chi connectivity index (χ4v) is 3.02. The topological polar surface area (TPSA) is 54.0 Å². The van der Waals surface area contributed by atoms with E-state index in [1.54, 1.807) is 11.3 Å². The molecular formula is C13H15N3OS. The Labute approximate surface area is 109 Å². The Morgan fingerprint density at radius 1 is 1.56 bits per heavy atom. The van der Waals surface area contributed by atoms with E-state index in [4.69, 9.17) is 0 Å². The standard InChI is InChI=1S/C13H15N3OS/c17-13(7-9-2-1-5-14-9)16-10-3-4-11-12(6-10)18-8-15-11/h3-4,6,8-9,14H,1-2,5,7H2,(H,16,17). The van der Waals surface area contributed by atoms with Crippen LogP contribution < -0.4 is 10.6 Å². The van der Waals surface area contributed by atoms with Gasteiger partial charge in [-0.3, -0.25) is 4.79 Å². The Morgan fingerprint density at radius 2 is 2.50 bits per heavy atom. The zero-order valence-corrected chi connectivity index (χ0v) is 10.8. The molecule has 1 fully saturated rings. The molecule has 2 aromatic rings. The molecule has 0 radical (unpaired) electrons. The monoisotopic (exact) mass is 261 g/mol. The smallest absolute Gasteiger partial charge is 0.225 e. The van der Waals surface area contributed by atoms with Gasteiger partial charge in [0.1, 0.15) is 0 Å². The Morgan fingerprint density at radius 3 is 3.33 bits per heavy atom. The molecule has 1 aliphatic heterocycles. The molecule has 1 saturated heterocycles. The van der Waals surface area contributed by atoms with Crippen molar-refractivity contribution in [2.75, 3.05) is 11.9 Å². The minimum Gasteiger partial charge on any atom is -0.326 e. The van der Waals surface area contributed by atoms with Crippen LogP contribution in [0.2, 0.25) is 0 Å². The van der Waals surface area contributed by atoms with Crippen molar-refractivity contribution in [2.45, 2.75) is 25.3 Å². The molecule has 2 N–H and O–H groups in total. The molecule has 5 heteroatoms. The van der Waals surface area contributed by atoms with E-state index in [1.165, 1.54) is 6.42 Å². The molecule has 0 spiro atoms. The summed E-state index contributed by atoms with van der Waals surface area (Å²) in [6, 6.07) is 6.17. The summed E-state index contributed by atoms with van der Waals surface area (Å²) in [6.07, 6.45) is 2.83. The number of amides is 1. The van der Waals surface area contributed by atoms with Gasteiger partial charge in [0.25, 0.3) is 0 Å². The van der Waals surface area contributed by atoms with Crippen LogP contribution >= 0.6 is 11.3 Å². The maximum atomic E-state index is 11.9. The molecule has 1 amide bonds. The number of thiazole rings is 1. The largest absolute Gasteiger partial charge is 0.326 e. The molecule has 4 nitrogen and oxygen atoms in total. The van der Waals surface area contributed by atoms with E-state index in [0.29, 0.717) is 12.5 Å². The predicted molar refractivity (Wildman–Crippen MR) is 73.9 cm³/mol. The summed E-state index contributed by atoms with van der Waals surface area (Å²) in [5.74, 6) is 0.0817. The van der Waals surface area contributed by atoms with Gasteiger partial charge in [0, 0.05) is 18.2 Å². The van der Waals surface area contributed by atoms with Gasteiger partial charge >= 0.3 is 0 Å². The number of aromatic nitrogens is 1. The predicted octanol–water partition coefficient (Wildman–Crippen LogP) is 2.38. The molecule has 0 bridgehead atoms. The summed E-state index contributed by atoms with van der Waals surface area (Å²) < 4.78 is 1.10. The lowest BCUT2D eigenvalue weighted by atomic mass is 10.1. The number of anilines is 1. The number of rotatable bonds is 3. The number of carbonyl (C=O) groups excluding carboxylic acids is 1. The Balaban J connectivity index is 1.65. The molecule has 0 aliphatic carbocycles. The Bertz CT molecular complexity index is 560. The molecule has 3 rings (SSSR count). The second-order valence-electron chi connectivity index (χ2n) is 4.58. The van der Waals surface area contributed by atoms with Gasteiger partial charge in [-0.2, -0.15) is 0 Å². The molecule has 2 heterocycles. The molecule has 94 valence electrons. The molecule has 1 aromatic carbocycles. The average Bonchev–Trinajstić information content (AvgIpc) is 2.98. The summed E-state index contributed by atoms with van der Waals surface area (Å²) in [6.45, 7) is 1.03. The third kappa shape index (κ3) is 2.52. The maximum absolute atomic E-state index is 11.9. The van der Waals surface area contributed by atoms with Crippen molar-refractivity contribution in [3.63, 3.8) is 0 Å². The van der Waals surface area contributed by atoms with E-state index >= 15 is 0 Å². The van der Waals surface area contributed by atoms with Crippen molar-refractivity contribution in [3.05, 3.63) is 23.7 Å².